The van der Waals surface area contributed by atoms with Gasteiger partial charge in [0.15, 0.2) is 0 Å². The molecule has 7 heteroatoms. The Labute approximate surface area is 152 Å². The largest absolute Gasteiger partial charge is 0.383 e. The number of rotatable bonds is 4. The van der Waals surface area contributed by atoms with Gasteiger partial charge in [0.05, 0.1) is 18.8 Å². The molecule has 4 atom stereocenters. The molecule has 1 aromatic rings. The molecule has 0 aliphatic carbocycles. The molecular formula is C19H24N3O4+. The van der Waals surface area contributed by atoms with Crippen LogP contribution in [0, 0.1) is 17.8 Å². The SMILES string of the molecule is COCCN1C(=O)[C@@H]2[C@@H](C(C)C)[NH2+][C@@]3(C(=O)Nc4ccccc43)[C@@H]2C1=O. The highest BCUT2D eigenvalue weighted by molar-refractivity contribution is 6.13. The Morgan fingerprint density at radius 3 is 2.65 bits per heavy atom. The summed E-state index contributed by atoms with van der Waals surface area (Å²) in [5, 5.41) is 4.89. The highest BCUT2D eigenvalue weighted by atomic mass is 16.5. The van der Waals surface area contributed by atoms with E-state index in [0.29, 0.717) is 6.61 Å². The topological polar surface area (TPSA) is 92.3 Å². The number of fused-ring (bicyclic) bond motifs is 4. The van der Waals surface area contributed by atoms with Crippen molar-refractivity contribution in [3.8, 4) is 0 Å². The number of benzene rings is 1. The summed E-state index contributed by atoms with van der Waals surface area (Å²) in [5.41, 5.74) is 0.468. The molecular weight excluding hydrogens is 334 g/mol. The number of carbonyl (C=O) groups excluding carboxylic acids is 3. The maximum Gasteiger partial charge on any atom is 0.291 e. The number of hydrogen-bond acceptors (Lipinski definition) is 4. The normalized spacial score (nSPS) is 32.5. The number of nitrogens with two attached hydrogens (primary N) is 1. The summed E-state index contributed by atoms with van der Waals surface area (Å²) in [6.07, 6.45) is 0. The number of nitrogens with zero attached hydrogens (tertiary/aromatic N) is 1. The molecule has 138 valence electrons. The van der Waals surface area contributed by atoms with Crippen LogP contribution in [0.3, 0.4) is 0 Å². The predicted molar refractivity (Wildman–Crippen MR) is 92.9 cm³/mol. The number of anilines is 1. The minimum Gasteiger partial charge on any atom is -0.383 e. The smallest absolute Gasteiger partial charge is 0.291 e. The lowest BCUT2D eigenvalue weighted by molar-refractivity contribution is -0.738. The van der Waals surface area contributed by atoms with Crippen molar-refractivity contribution in [2.24, 2.45) is 17.8 Å². The monoisotopic (exact) mass is 358 g/mol. The summed E-state index contributed by atoms with van der Waals surface area (Å²) in [4.78, 5) is 40.7. The molecule has 0 bridgehead atoms. The second-order valence-corrected chi connectivity index (χ2v) is 7.68. The number of quaternary nitrogens is 1. The fraction of sp³-hybridized carbons (Fsp3) is 0.526. The van der Waals surface area contributed by atoms with Crippen molar-refractivity contribution in [1.82, 2.24) is 4.90 Å². The second kappa shape index (κ2) is 5.89. The fourth-order valence-electron chi connectivity index (χ4n) is 4.91. The molecule has 0 unspecified atom stereocenters. The van der Waals surface area contributed by atoms with E-state index >= 15 is 0 Å². The molecule has 3 aliphatic heterocycles. The van der Waals surface area contributed by atoms with Crippen molar-refractivity contribution in [3.63, 3.8) is 0 Å². The number of imide groups is 1. The first kappa shape index (κ1) is 17.2. The number of carbonyl (C=O) groups is 3. The van der Waals surface area contributed by atoms with Gasteiger partial charge < -0.3 is 15.4 Å². The Balaban J connectivity index is 1.85. The van der Waals surface area contributed by atoms with Gasteiger partial charge in [-0.3, -0.25) is 19.3 Å². The molecule has 7 nitrogen and oxygen atoms in total. The van der Waals surface area contributed by atoms with Crippen LogP contribution < -0.4 is 10.6 Å². The van der Waals surface area contributed by atoms with Gasteiger partial charge in [0.2, 0.25) is 17.4 Å². The van der Waals surface area contributed by atoms with Gasteiger partial charge in [0.25, 0.3) is 5.91 Å². The minimum absolute atomic E-state index is 0.124. The van der Waals surface area contributed by atoms with Crippen LogP contribution in [0.25, 0.3) is 0 Å². The van der Waals surface area contributed by atoms with Gasteiger partial charge in [-0.1, -0.05) is 32.0 Å². The second-order valence-electron chi connectivity index (χ2n) is 7.68. The van der Waals surface area contributed by atoms with E-state index in [4.69, 9.17) is 4.74 Å². The van der Waals surface area contributed by atoms with Crippen molar-refractivity contribution < 1.29 is 24.4 Å². The van der Waals surface area contributed by atoms with E-state index in [1.54, 1.807) is 7.11 Å². The Morgan fingerprint density at radius 1 is 1.23 bits per heavy atom. The van der Waals surface area contributed by atoms with Crippen LogP contribution in [0.2, 0.25) is 0 Å². The zero-order valence-corrected chi connectivity index (χ0v) is 15.2. The van der Waals surface area contributed by atoms with Crippen LogP contribution >= 0.6 is 0 Å². The first-order valence-electron chi connectivity index (χ1n) is 9.04. The van der Waals surface area contributed by atoms with Gasteiger partial charge in [-0.15, -0.1) is 0 Å². The van der Waals surface area contributed by atoms with E-state index in [2.05, 4.69) is 5.32 Å². The third-order valence-corrected chi connectivity index (χ3v) is 6.09. The lowest BCUT2D eigenvalue weighted by atomic mass is 9.76. The summed E-state index contributed by atoms with van der Waals surface area (Å²) in [7, 11) is 1.54. The van der Waals surface area contributed by atoms with E-state index in [9.17, 15) is 14.4 Å². The van der Waals surface area contributed by atoms with Crippen molar-refractivity contribution >= 4 is 23.4 Å². The molecule has 0 radical (unpaired) electrons. The van der Waals surface area contributed by atoms with E-state index in [0.717, 1.165) is 11.3 Å². The summed E-state index contributed by atoms with van der Waals surface area (Å²) >= 11 is 0. The highest BCUT2D eigenvalue weighted by Crippen LogP contribution is 2.49. The molecule has 1 aromatic carbocycles. The Bertz CT molecular complexity index is 793. The average molecular weight is 358 g/mol. The summed E-state index contributed by atoms with van der Waals surface area (Å²) in [5.74, 6) is -1.66. The molecule has 4 rings (SSSR count). The van der Waals surface area contributed by atoms with Crippen molar-refractivity contribution in [1.29, 1.82) is 0 Å². The van der Waals surface area contributed by atoms with E-state index < -0.39 is 17.4 Å². The first-order valence-corrected chi connectivity index (χ1v) is 9.04. The third kappa shape index (κ3) is 2.04. The summed E-state index contributed by atoms with van der Waals surface area (Å²) in [6.45, 7) is 4.59. The van der Waals surface area contributed by atoms with Gasteiger partial charge in [0, 0.05) is 18.6 Å². The average Bonchev–Trinajstić information content (AvgIpc) is 3.20. The number of para-hydroxylation sites is 1. The van der Waals surface area contributed by atoms with Crippen LogP contribution in [0.5, 0.6) is 0 Å². The standard InChI is InChI=1S/C19H23N3O4/c1-10(2)15-13-14(17(24)22(16(13)23)8-9-26-3)19(21-15)11-6-4-5-7-12(11)20-18(19)25/h4-7,10,13-15,21H,8-9H2,1-3H3,(H,20,25)/p+1/t13-,14-,15+,19+/m0/s1. The summed E-state index contributed by atoms with van der Waals surface area (Å²) < 4.78 is 5.06. The fourth-order valence-corrected chi connectivity index (χ4v) is 4.91. The molecule has 2 fully saturated rings. The van der Waals surface area contributed by atoms with Crippen molar-refractivity contribution in [2.45, 2.75) is 25.4 Å². The molecule has 3 heterocycles. The molecule has 0 saturated carbocycles. The third-order valence-electron chi connectivity index (χ3n) is 6.09. The molecule has 3 amide bonds. The number of ether oxygens (including phenoxy) is 1. The maximum atomic E-state index is 13.2. The van der Waals surface area contributed by atoms with Crippen LogP contribution in [-0.4, -0.2) is 48.9 Å². The van der Waals surface area contributed by atoms with Crippen molar-refractivity contribution in [2.75, 3.05) is 25.6 Å². The minimum atomic E-state index is -1.06. The molecule has 3 N–H and O–H groups in total. The number of hydrogen-bond donors (Lipinski definition) is 2. The van der Waals surface area contributed by atoms with Gasteiger partial charge in [-0.2, -0.15) is 0 Å². The van der Waals surface area contributed by atoms with Gasteiger partial charge in [-0.25, -0.2) is 0 Å². The number of amides is 3. The first-order chi connectivity index (χ1) is 12.4. The zero-order valence-electron chi connectivity index (χ0n) is 15.2. The van der Waals surface area contributed by atoms with E-state index in [1.165, 1.54) is 4.90 Å². The van der Waals surface area contributed by atoms with Crippen LogP contribution in [0.4, 0.5) is 5.69 Å². The number of nitrogens with one attached hydrogen (secondary N) is 1. The van der Waals surface area contributed by atoms with Crippen molar-refractivity contribution in [3.05, 3.63) is 29.8 Å². The zero-order chi connectivity index (χ0) is 18.6. The van der Waals surface area contributed by atoms with Gasteiger partial charge >= 0.3 is 0 Å². The quantitative estimate of drug-likeness (QED) is 0.722. The maximum absolute atomic E-state index is 13.2. The lowest BCUT2D eigenvalue weighted by Crippen LogP contribution is -2.99. The van der Waals surface area contributed by atoms with Gasteiger partial charge in [-0.05, 0) is 6.07 Å². The molecule has 3 aliphatic rings. The Kier molecular flexibility index (Phi) is 3.89. The Hall–Kier alpha value is -2.25. The van der Waals surface area contributed by atoms with E-state index in [1.807, 2.05) is 43.4 Å². The van der Waals surface area contributed by atoms with Crippen LogP contribution in [-0.2, 0) is 24.7 Å². The highest BCUT2D eigenvalue weighted by Gasteiger charge is 2.74. The summed E-state index contributed by atoms with van der Waals surface area (Å²) in [6, 6.07) is 7.34. The lowest BCUT2D eigenvalue weighted by Gasteiger charge is -2.27. The predicted octanol–water partition coefficient (Wildman–Crippen LogP) is -0.317. The number of methoxy groups -OCH3 is 1. The van der Waals surface area contributed by atoms with E-state index in [-0.39, 0.29) is 36.2 Å². The molecule has 1 spiro atoms. The molecule has 26 heavy (non-hydrogen) atoms. The van der Waals surface area contributed by atoms with Crippen LogP contribution in [0.1, 0.15) is 19.4 Å². The molecule has 0 aromatic heterocycles. The molecule has 2 saturated heterocycles. The van der Waals surface area contributed by atoms with Crippen LogP contribution in [0.15, 0.2) is 24.3 Å². The van der Waals surface area contributed by atoms with Gasteiger partial charge in [0.1, 0.15) is 17.9 Å². The number of likely N-dealkylation sites (tertiary alicyclic amines) is 1. The Morgan fingerprint density at radius 2 is 1.96 bits per heavy atom.